The summed E-state index contributed by atoms with van der Waals surface area (Å²) in [7, 11) is -3.05. The van der Waals surface area contributed by atoms with Gasteiger partial charge in [0.25, 0.3) is 10.0 Å². The number of thioether (sulfide) groups is 1. The van der Waals surface area contributed by atoms with E-state index >= 15 is 8.78 Å². The van der Waals surface area contributed by atoms with Crippen LogP contribution in [0.5, 0.6) is 5.75 Å². The molecule has 0 saturated carbocycles. The topological polar surface area (TPSA) is 106 Å². The fraction of sp³-hybridized carbons (Fsp3) is 0.290. The number of hydrogen-bond acceptors (Lipinski definition) is 7. The first-order valence-corrected chi connectivity index (χ1v) is 17.0. The quantitative estimate of drug-likeness (QED) is 0.181. The van der Waals surface area contributed by atoms with Crippen LogP contribution < -0.4 is 14.9 Å². The van der Waals surface area contributed by atoms with Crippen LogP contribution in [-0.4, -0.2) is 49.2 Å². The summed E-state index contributed by atoms with van der Waals surface area (Å²) in [5.74, 6) is -2.44. The molecule has 1 aliphatic heterocycles. The van der Waals surface area contributed by atoms with E-state index in [0.29, 0.717) is 52.5 Å². The van der Waals surface area contributed by atoms with Crippen LogP contribution in [0.4, 0.5) is 18.0 Å². The predicted molar refractivity (Wildman–Crippen MR) is 169 cm³/mol. The number of aromatic nitrogens is 2. The van der Waals surface area contributed by atoms with Gasteiger partial charge in [0.15, 0.2) is 5.16 Å². The lowest BCUT2D eigenvalue weighted by Crippen LogP contribution is -2.47. The normalized spacial score (nSPS) is 14.0. The van der Waals surface area contributed by atoms with Crippen molar-refractivity contribution in [2.24, 2.45) is 0 Å². The third-order valence-corrected chi connectivity index (χ3v) is 10.3. The molecule has 1 saturated heterocycles. The van der Waals surface area contributed by atoms with Gasteiger partial charge < -0.3 is 4.74 Å². The molecule has 1 aromatic heterocycles. The Labute approximate surface area is 274 Å². The van der Waals surface area contributed by atoms with E-state index in [2.05, 4.69) is 10.4 Å². The Morgan fingerprint density at radius 3 is 2.33 bits per heavy atom. The fourth-order valence-electron chi connectivity index (χ4n) is 5.10. The van der Waals surface area contributed by atoms with Crippen LogP contribution >= 0.6 is 23.4 Å². The molecule has 1 fully saturated rings. The van der Waals surface area contributed by atoms with Gasteiger partial charge in [0.1, 0.15) is 23.2 Å². The van der Waals surface area contributed by atoms with Crippen molar-refractivity contribution < 1.29 is 31.1 Å². The zero-order valence-corrected chi connectivity index (χ0v) is 27.5. The molecule has 46 heavy (non-hydrogen) atoms. The van der Waals surface area contributed by atoms with E-state index in [9.17, 15) is 17.6 Å². The number of benzene rings is 3. The number of imidazole rings is 1. The maximum atomic E-state index is 15.3. The van der Waals surface area contributed by atoms with E-state index in [1.165, 1.54) is 19.2 Å². The summed E-state index contributed by atoms with van der Waals surface area (Å²) in [5, 5.41) is 2.35. The minimum atomic E-state index is -4.56. The van der Waals surface area contributed by atoms with E-state index in [1.807, 2.05) is 26.0 Å². The van der Waals surface area contributed by atoms with E-state index in [0.717, 1.165) is 30.2 Å². The Balaban J connectivity index is 1.43. The molecule has 0 unspecified atom stereocenters. The first kappa shape index (κ1) is 33.6. The molecule has 5 rings (SSSR count). The van der Waals surface area contributed by atoms with Crippen molar-refractivity contribution in [1.82, 2.24) is 24.7 Å². The van der Waals surface area contributed by atoms with Crippen LogP contribution in [0.15, 0.2) is 70.8 Å². The first-order valence-electron chi connectivity index (χ1n) is 14.2. The second-order valence-corrected chi connectivity index (χ2v) is 14.1. The largest absolute Gasteiger partial charge is 0.495 e. The lowest BCUT2D eigenvalue weighted by Gasteiger charge is -2.28. The summed E-state index contributed by atoms with van der Waals surface area (Å²) in [6.45, 7) is 5.05. The third-order valence-electron chi connectivity index (χ3n) is 7.69. The molecule has 244 valence electrons. The highest BCUT2D eigenvalue weighted by molar-refractivity contribution is 7.98. The SMILES string of the molecule is COc1cc(C(C)(C)c2cnc(SCc3c(F)cc(S(=O)(=O)NC(=O)NN4CCCC4)cc3F)n2-c2ccc(F)cc2)ccc1Cl. The Kier molecular flexibility index (Phi) is 9.92. The highest BCUT2D eigenvalue weighted by Gasteiger charge is 2.31. The smallest absolute Gasteiger partial charge is 0.343 e. The van der Waals surface area contributed by atoms with Crippen molar-refractivity contribution in [2.75, 3.05) is 20.2 Å². The van der Waals surface area contributed by atoms with Crippen molar-refractivity contribution >= 4 is 39.4 Å². The van der Waals surface area contributed by atoms with Gasteiger partial charge in [0.05, 0.1) is 28.9 Å². The van der Waals surface area contributed by atoms with Crippen molar-refractivity contribution in [2.45, 2.75) is 47.9 Å². The van der Waals surface area contributed by atoms with E-state index in [-0.39, 0.29) is 11.3 Å². The number of urea groups is 1. The molecule has 2 N–H and O–H groups in total. The molecule has 1 aliphatic rings. The monoisotopic (exact) mass is 693 g/mol. The standard InChI is InChI=1S/C31H31ClF3N5O4S2/c1-31(2,19-6-11-24(32)27(14-19)44-3)28-17-36-30(40(28)21-9-7-20(33)8-10-21)45-18-23-25(34)15-22(16-26(23)35)46(42,43)38-29(41)37-39-12-4-5-13-39/h6-11,14-17H,4-5,12-13,18H2,1-3H3,(H2,37,38,41). The molecule has 0 spiro atoms. The molecule has 15 heteroatoms. The van der Waals surface area contributed by atoms with Crippen LogP contribution in [0.3, 0.4) is 0 Å². The van der Waals surface area contributed by atoms with Crippen molar-refractivity contribution in [3.05, 3.63) is 100 Å². The summed E-state index contributed by atoms with van der Waals surface area (Å²) >= 11 is 7.26. The van der Waals surface area contributed by atoms with Gasteiger partial charge in [-0.1, -0.05) is 43.3 Å². The number of hydrogen-bond donors (Lipinski definition) is 2. The molecular formula is C31H31ClF3N5O4S2. The molecule has 0 aliphatic carbocycles. The Bertz CT molecular complexity index is 1840. The molecule has 0 atom stereocenters. The average Bonchev–Trinajstić information content (AvgIpc) is 3.67. The van der Waals surface area contributed by atoms with Gasteiger partial charge in [-0.05, 0) is 66.9 Å². The minimum Gasteiger partial charge on any atom is -0.495 e. The maximum Gasteiger partial charge on any atom is 0.343 e. The minimum absolute atomic E-state index is 0.256. The molecule has 2 amide bonds. The number of amides is 2. The summed E-state index contributed by atoms with van der Waals surface area (Å²) < 4.78 is 78.8. The summed E-state index contributed by atoms with van der Waals surface area (Å²) in [4.78, 5) is 16.0. The van der Waals surface area contributed by atoms with Crippen LogP contribution in [0.1, 0.15) is 43.5 Å². The van der Waals surface area contributed by atoms with Crippen LogP contribution in [0, 0.1) is 17.5 Å². The number of rotatable bonds is 10. The van der Waals surface area contributed by atoms with Gasteiger partial charge in [-0.3, -0.25) is 9.99 Å². The summed E-state index contributed by atoms with van der Waals surface area (Å²) in [6.07, 6.45) is 3.33. The third kappa shape index (κ3) is 7.14. The summed E-state index contributed by atoms with van der Waals surface area (Å²) in [6, 6.07) is 11.4. The van der Waals surface area contributed by atoms with E-state index in [4.69, 9.17) is 16.3 Å². The lowest BCUT2D eigenvalue weighted by molar-refractivity contribution is 0.202. The first-order chi connectivity index (χ1) is 21.8. The van der Waals surface area contributed by atoms with Gasteiger partial charge in [0, 0.05) is 35.5 Å². The van der Waals surface area contributed by atoms with Crippen LogP contribution in [0.2, 0.25) is 5.02 Å². The number of ether oxygens (including phenoxy) is 1. The molecule has 9 nitrogen and oxygen atoms in total. The number of carbonyl (C=O) groups is 1. The van der Waals surface area contributed by atoms with Gasteiger partial charge >= 0.3 is 6.03 Å². The van der Waals surface area contributed by atoms with E-state index in [1.54, 1.807) is 38.7 Å². The Hall–Kier alpha value is -3.72. The molecule has 2 heterocycles. The predicted octanol–water partition coefficient (Wildman–Crippen LogP) is 6.57. The van der Waals surface area contributed by atoms with Crippen molar-refractivity contribution in [3.8, 4) is 11.4 Å². The highest BCUT2D eigenvalue weighted by Crippen LogP contribution is 2.39. The molecule has 3 aromatic carbocycles. The Morgan fingerprint density at radius 2 is 1.70 bits per heavy atom. The second kappa shape index (κ2) is 13.6. The summed E-state index contributed by atoms with van der Waals surface area (Å²) in [5.41, 5.74) is 3.41. The van der Waals surface area contributed by atoms with Crippen LogP contribution in [-0.2, 0) is 21.2 Å². The molecule has 0 radical (unpaired) electrons. The number of carbonyl (C=O) groups excluding carboxylic acids is 1. The maximum absolute atomic E-state index is 15.3. The van der Waals surface area contributed by atoms with Gasteiger partial charge in [-0.15, -0.1) is 0 Å². The number of halogens is 4. The number of hydrazine groups is 1. The van der Waals surface area contributed by atoms with E-state index < -0.39 is 43.8 Å². The van der Waals surface area contributed by atoms with Crippen molar-refractivity contribution in [3.63, 3.8) is 0 Å². The zero-order chi connectivity index (χ0) is 33.2. The second-order valence-electron chi connectivity index (χ2n) is 11.1. The average molecular weight is 694 g/mol. The Morgan fingerprint density at radius 1 is 1.04 bits per heavy atom. The van der Waals surface area contributed by atoms with Crippen LogP contribution in [0.25, 0.3) is 5.69 Å². The molecular weight excluding hydrogens is 663 g/mol. The molecule has 0 bridgehead atoms. The van der Waals surface area contributed by atoms with Gasteiger partial charge in [0.2, 0.25) is 0 Å². The number of nitrogens with one attached hydrogen (secondary N) is 2. The highest BCUT2D eigenvalue weighted by atomic mass is 35.5. The lowest BCUT2D eigenvalue weighted by atomic mass is 9.81. The number of methoxy groups -OCH3 is 1. The number of nitrogens with zero attached hydrogens (tertiary/aromatic N) is 3. The van der Waals surface area contributed by atoms with Gasteiger partial charge in [-0.25, -0.2) is 41.1 Å². The zero-order valence-electron chi connectivity index (χ0n) is 25.1. The van der Waals surface area contributed by atoms with Crippen molar-refractivity contribution in [1.29, 1.82) is 0 Å². The van der Waals surface area contributed by atoms with Gasteiger partial charge in [-0.2, -0.15) is 0 Å². The number of sulfonamides is 1. The molecule has 4 aromatic rings. The fourth-order valence-corrected chi connectivity index (χ4v) is 7.23.